The van der Waals surface area contributed by atoms with E-state index in [-0.39, 0.29) is 12.0 Å². The van der Waals surface area contributed by atoms with E-state index >= 15 is 0 Å². The Morgan fingerprint density at radius 2 is 1.73 bits per heavy atom. The van der Waals surface area contributed by atoms with Crippen molar-refractivity contribution in [2.24, 2.45) is 5.92 Å². The highest BCUT2D eigenvalue weighted by Gasteiger charge is 2.20. The summed E-state index contributed by atoms with van der Waals surface area (Å²) >= 11 is 0. The zero-order valence-electron chi connectivity index (χ0n) is 16.1. The van der Waals surface area contributed by atoms with Gasteiger partial charge in [-0.25, -0.2) is 0 Å². The highest BCUT2D eigenvalue weighted by molar-refractivity contribution is 5.22. The molecule has 0 unspecified atom stereocenters. The predicted molar refractivity (Wildman–Crippen MR) is 104 cm³/mol. The van der Waals surface area contributed by atoms with Crippen molar-refractivity contribution in [3.63, 3.8) is 0 Å². The number of benzene rings is 1. The molecule has 0 saturated heterocycles. The van der Waals surface area contributed by atoms with Crippen molar-refractivity contribution in [2.45, 2.75) is 83.8 Å². The van der Waals surface area contributed by atoms with Gasteiger partial charge >= 0.3 is 0 Å². The van der Waals surface area contributed by atoms with E-state index in [1.807, 2.05) is 0 Å². The summed E-state index contributed by atoms with van der Waals surface area (Å²) in [6, 6.07) is 10.4. The molecule has 1 aliphatic rings. The molecule has 0 aliphatic heterocycles. The van der Waals surface area contributed by atoms with Crippen molar-refractivity contribution < 1.29 is 9.13 Å². The summed E-state index contributed by atoms with van der Waals surface area (Å²) in [6.45, 7) is 2.90. The first-order chi connectivity index (χ1) is 12.7. The lowest BCUT2D eigenvalue weighted by Crippen LogP contribution is -2.20. The molecule has 1 aromatic carbocycles. The lowest BCUT2D eigenvalue weighted by atomic mass is 9.87. The molecule has 0 radical (unpaired) electrons. The lowest BCUT2D eigenvalue weighted by Gasteiger charge is -2.26. The number of unbranched alkanes of at least 4 members (excludes halogenated alkanes) is 4. The summed E-state index contributed by atoms with van der Waals surface area (Å²) in [5.41, 5.74) is 2.63. The lowest BCUT2D eigenvalue weighted by molar-refractivity contribution is 0.0109. The number of hydrogen-bond acceptors (Lipinski definition) is 2. The average Bonchev–Trinajstić information content (AvgIpc) is 2.68. The van der Waals surface area contributed by atoms with Gasteiger partial charge in [-0.1, -0.05) is 56.9 Å². The highest BCUT2D eigenvalue weighted by Crippen LogP contribution is 2.28. The summed E-state index contributed by atoms with van der Waals surface area (Å²) in [5.74, 6) is -0.467. The van der Waals surface area contributed by atoms with E-state index in [9.17, 15) is 4.39 Å². The molecule has 26 heavy (non-hydrogen) atoms. The minimum Gasteiger partial charge on any atom is -0.374 e. The molecule has 0 N–H and O–H groups in total. The van der Waals surface area contributed by atoms with Crippen molar-refractivity contribution in [2.75, 3.05) is 0 Å². The van der Waals surface area contributed by atoms with Gasteiger partial charge in [0.05, 0.1) is 12.7 Å². The fourth-order valence-corrected chi connectivity index (χ4v) is 3.62. The molecule has 1 saturated carbocycles. The second-order valence-corrected chi connectivity index (χ2v) is 7.45. The number of ether oxygens (including phenoxy) is 1. The first kappa shape index (κ1) is 20.6. The monoisotopic (exact) mass is 357 g/mol. The van der Waals surface area contributed by atoms with Crippen molar-refractivity contribution in [3.8, 4) is 6.07 Å². The smallest absolute Gasteiger partial charge is 0.196 e. The van der Waals surface area contributed by atoms with E-state index in [4.69, 9.17) is 10.00 Å². The van der Waals surface area contributed by atoms with Gasteiger partial charge in [0, 0.05) is 0 Å². The fraction of sp³-hybridized carbons (Fsp3) is 0.609. The molecule has 1 aliphatic carbocycles. The van der Waals surface area contributed by atoms with Gasteiger partial charge < -0.3 is 4.74 Å². The van der Waals surface area contributed by atoms with Gasteiger partial charge in [0.1, 0.15) is 6.07 Å². The van der Waals surface area contributed by atoms with Crippen LogP contribution in [0.5, 0.6) is 0 Å². The third-order valence-electron chi connectivity index (χ3n) is 5.29. The minimum absolute atomic E-state index is 0.186. The molecule has 3 heteroatoms. The van der Waals surface area contributed by atoms with Crippen LogP contribution in [0.4, 0.5) is 4.39 Å². The van der Waals surface area contributed by atoms with Gasteiger partial charge in [0.15, 0.2) is 5.83 Å². The molecule has 2 nitrogen and oxygen atoms in total. The number of hydrogen-bond donors (Lipinski definition) is 0. The molecule has 0 aromatic heterocycles. The third-order valence-corrected chi connectivity index (χ3v) is 5.29. The van der Waals surface area contributed by atoms with Crippen molar-refractivity contribution in [1.82, 2.24) is 0 Å². The van der Waals surface area contributed by atoms with Crippen LogP contribution in [0.15, 0.2) is 36.2 Å². The molecule has 1 fully saturated rings. The SMILES string of the molecule is CCCCCCCc1ccc(CO[C@H]2CC[C@H](/C=C(/F)C#N)CC2)cc1. The Kier molecular flexibility index (Phi) is 9.42. The Balaban J connectivity index is 1.65. The summed E-state index contributed by atoms with van der Waals surface area (Å²) < 4.78 is 19.1. The van der Waals surface area contributed by atoms with Crippen molar-refractivity contribution in [3.05, 3.63) is 47.3 Å². The van der Waals surface area contributed by atoms with Crippen LogP contribution in [0.3, 0.4) is 0 Å². The Labute approximate surface area is 158 Å². The molecule has 0 bridgehead atoms. The number of nitriles is 1. The maximum absolute atomic E-state index is 13.0. The first-order valence-electron chi connectivity index (χ1n) is 10.2. The molecule has 142 valence electrons. The number of aryl methyl sites for hydroxylation is 1. The van der Waals surface area contributed by atoms with Gasteiger partial charge in [0.25, 0.3) is 0 Å². The zero-order valence-corrected chi connectivity index (χ0v) is 16.1. The first-order valence-corrected chi connectivity index (χ1v) is 10.2. The van der Waals surface area contributed by atoms with Crippen LogP contribution in [0, 0.1) is 17.2 Å². The van der Waals surface area contributed by atoms with Gasteiger partial charge in [-0.15, -0.1) is 0 Å². The maximum atomic E-state index is 13.0. The van der Waals surface area contributed by atoms with Crippen LogP contribution in [-0.4, -0.2) is 6.10 Å². The fourth-order valence-electron chi connectivity index (χ4n) is 3.62. The summed E-state index contributed by atoms with van der Waals surface area (Å²) in [7, 11) is 0. The van der Waals surface area contributed by atoms with Gasteiger partial charge in [-0.3, -0.25) is 0 Å². The maximum Gasteiger partial charge on any atom is 0.196 e. The molecule has 2 rings (SSSR count). The molecule has 0 atom stereocenters. The molecular weight excluding hydrogens is 325 g/mol. The van der Waals surface area contributed by atoms with E-state index in [0.717, 1.165) is 25.7 Å². The number of rotatable bonds is 10. The van der Waals surface area contributed by atoms with E-state index in [1.54, 1.807) is 6.07 Å². The molecule has 0 heterocycles. The van der Waals surface area contributed by atoms with Crippen LogP contribution in [0.2, 0.25) is 0 Å². The van der Waals surface area contributed by atoms with Crippen LogP contribution in [0.25, 0.3) is 0 Å². The van der Waals surface area contributed by atoms with E-state index in [0.29, 0.717) is 6.61 Å². The number of nitrogens with zero attached hydrogens (tertiary/aromatic N) is 1. The summed E-state index contributed by atoms with van der Waals surface area (Å²) in [6.07, 6.45) is 13.2. The average molecular weight is 358 g/mol. The van der Waals surface area contributed by atoms with Crippen LogP contribution in [-0.2, 0) is 17.8 Å². The van der Waals surface area contributed by atoms with Gasteiger partial charge in [-0.2, -0.15) is 9.65 Å². The molecule has 0 spiro atoms. The third kappa shape index (κ3) is 7.70. The van der Waals surface area contributed by atoms with Crippen molar-refractivity contribution in [1.29, 1.82) is 5.26 Å². The highest BCUT2D eigenvalue weighted by atomic mass is 19.1. The van der Waals surface area contributed by atoms with Crippen molar-refractivity contribution >= 4 is 0 Å². The number of halogens is 1. The van der Waals surface area contributed by atoms with E-state index < -0.39 is 5.83 Å². The van der Waals surface area contributed by atoms with Gasteiger partial charge in [-0.05, 0) is 61.6 Å². The number of allylic oxidation sites excluding steroid dienone is 2. The van der Waals surface area contributed by atoms with E-state index in [2.05, 4.69) is 31.2 Å². The van der Waals surface area contributed by atoms with E-state index in [1.165, 1.54) is 55.7 Å². The molecule has 0 amide bonds. The topological polar surface area (TPSA) is 33.0 Å². The Morgan fingerprint density at radius 1 is 1.08 bits per heavy atom. The summed E-state index contributed by atoms with van der Waals surface area (Å²) in [4.78, 5) is 0. The van der Waals surface area contributed by atoms with Crippen LogP contribution in [0.1, 0.15) is 75.8 Å². The second-order valence-electron chi connectivity index (χ2n) is 7.45. The van der Waals surface area contributed by atoms with Crippen LogP contribution < -0.4 is 0 Å². The predicted octanol–water partition coefficient (Wildman–Crippen LogP) is 6.65. The van der Waals surface area contributed by atoms with Crippen LogP contribution >= 0.6 is 0 Å². The Morgan fingerprint density at radius 3 is 2.38 bits per heavy atom. The Hall–Kier alpha value is -1.66. The van der Waals surface area contributed by atoms with Gasteiger partial charge in [0.2, 0.25) is 0 Å². The quantitative estimate of drug-likeness (QED) is 0.347. The summed E-state index contributed by atoms with van der Waals surface area (Å²) in [5, 5.41) is 8.51. The normalized spacial score (nSPS) is 20.7. The second kappa shape index (κ2) is 11.9. The minimum atomic E-state index is -0.653. The molecular formula is C23H32FNO. The largest absolute Gasteiger partial charge is 0.374 e. The molecule has 1 aromatic rings. The zero-order chi connectivity index (χ0) is 18.6. The standard InChI is InChI=1S/C23H32FNO/c1-2-3-4-5-6-7-19-8-10-21(11-9-19)18-26-23-14-12-20(13-15-23)16-22(24)17-25/h8-11,16,20,23H,2-7,12-15,18H2,1H3/b22-16+/t20-,23-. The Bertz CT molecular complexity index is 579.